The van der Waals surface area contributed by atoms with Crippen LogP contribution in [0.3, 0.4) is 0 Å². The Morgan fingerprint density at radius 2 is 1.89 bits per heavy atom. The topological polar surface area (TPSA) is 3.24 Å². The first-order valence-electron chi connectivity index (χ1n) is 6.23. The summed E-state index contributed by atoms with van der Waals surface area (Å²) in [5.41, 5.74) is 3.44. The van der Waals surface area contributed by atoms with Crippen molar-refractivity contribution in [2.45, 2.75) is 39.2 Å². The van der Waals surface area contributed by atoms with E-state index in [1.165, 1.54) is 0 Å². The van der Waals surface area contributed by atoms with E-state index in [4.69, 9.17) is 0 Å². The van der Waals surface area contributed by atoms with Gasteiger partial charge in [0.2, 0.25) is 0 Å². The van der Waals surface area contributed by atoms with Gasteiger partial charge in [0.25, 0.3) is 5.92 Å². The molecule has 1 saturated heterocycles. The smallest absolute Gasteiger partial charge is 0.260 e. The van der Waals surface area contributed by atoms with E-state index in [1.807, 2.05) is 18.7 Å². The molecule has 1 fully saturated rings. The Balaban J connectivity index is 2.10. The second-order valence-electron chi connectivity index (χ2n) is 5.21. The summed E-state index contributed by atoms with van der Waals surface area (Å²) in [6.07, 6.45) is 0.614. The van der Waals surface area contributed by atoms with Gasteiger partial charge in [0.05, 0.1) is 6.54 Å². The van der Waals surface area contributed by atoms with Gasteiger partial charge in [-0.3, -0.25) is 4.90 Å². The van der Waals surface area contributed by atoms with Gasteiger partial charge in [0.15, 0.2) is 0 Å². The van der Waals surface area contributed by atoms with Gasteiger partial charge in [0, 0.05) is 17.4 Å². The molecule has 0 amide bonds. The van der Waals surface area contributed by atoms with Crippen molar-refractivity contribution in [2.24, 2.45) is 0 Å². The minimum Gasteiger partial charge on any atom is -0.293 e. The number of benzene rings is 1. The fraction of sp³-hybridized carbons (Fsp3) is 0.571. The van der Waals surface area contributed by atoms with E-state index >= 15 is 0 Å². The Morgan fingerprint density at radius 3 is 2.44 bits per heavy atom. The van der Waals surface area contributed by atoms with E-state index in [9.17, 15) is 8.78 Å². The molecule has 1 aliphatic heterocycles. The molecule has 4 heteroatoms. The maximum absolute atomic E-state index is 13.3. The van der Waals surface area contributed by atoms with Gasteiger partial charge in [-0.05, 0) is 43.5 Å². The van der Waals surface area contributed by atoms with E-state index in [0.717, 1.165) is 27.7 Å². The zero-order valence-corrected chi connectivity index (χ0v) is 12.4. The van der Waals surface area contributed by atoms with Crippen LogP contribution in [0.1, 0.15) is 29.5 Å². The number of piperidine rings is 1. The highest BCUT2D eigenvalue weighted by atomic mass is 79.9. The van der Waals surface area contributed by atoms with Gasteiger partial charge in [-0.15, -0.1) is 0 Å². The Bertz CT molecular complexity index is 422. The second kappa shape index (κ2) is 5.25. The third kappa shape index (κ3) is 3.29. The highest BCUT2D eigenvalue weighted by molar-refractivity contribution is 9.10. The summed E-state index contributed by atoms with van der Waals surface area (Å²) in [6.45, 7) is 5.34. The van der Waals surface area contributed by atoms with Crippen molar-refractivity contribution >= 4 is 15.9 Å². The molecule has 1 heterocycles. The van der Waals surface area contributed by atoms with Crippen molar-refractivity contribution < 1.29 is 8.78 Å². The molecular formula is C14H18BrF2N. The summed E-state index contributed by atoms with van der Waals surface area (Å²) in [5, 5.41) is 0. The lowest BCUT2D eigenvalue weighted by molar-refractivity contribution is -0.0661. The van der Waals surface area contributed by atoms with Crippen molar-refractivity contribution in [1.29, 1.82) is 0 Å². The average Bonchev–Trinajstić information content (AvgIpc) is 2.24. The van der Waals surface area contributed by atoms with Gasteiger partial charge < -0.3 is 0 Å². The molecule has 18 heavy (non-hydrogen) atoms. The maximum Gasteiger partial charge on any atom is 0.260 e. The molecule has 0 aliphatic carbocycles. The predicted octanol–water partition coefficient (Wildman–Crippen LogP) is 4.30. The monoisotopic (exact) mass is 317 g/mol. The quantitative estimate of drug-likeness (QED) is 0.786. The lowest BCUT2D eigenvalue weighted by Crippen LogP contribution is -2.42. The molecule has 0 saturated carbocycles. The van der Waals surface area contributed by atoms with Crippen LogP contribution < -0.4 is 0 Å². The third-order valence-electron chi connectivity index (χ3n) is 3.37. The molecule has 0 N–H and O–H groups in total. The number of nitrogens with zero attached hydrogens (tertiary/aromatic N) is 1. The first-order chi connectivity index (χ1) is 8.37. The number of aryl methyl sites for hydroxylation is 2. The van der Waals surface area contributed by atoms with Crippen LogP contribution in [0.2, 0.25) is 0 Å². The van der Waals surface area contributed by atoms with Crippen LogP contribution in [0, 0.1) is 13.8 Å². The van der Waals surface area contributed by atoms with E-state index in [1.54, 1.807) is 0 Å². The molecule has 0 atom stereocenters. The number of likely N-dealkylation sites (tertiary alicyclic amines) is 1. The maximum atomic E-state index is 13.3. The number of halogens is 3. The number of hydrogen-bond acceptors (Lipinski definition) is 1. The summed E-state index contributed by atoms with van der Waals surface area (Å²) in [6, 6.07) is 4.15. The van der Waals surface area contributed by atoms with Gasteiger partial charge in [-0.25, -0.2) is 8.78 Å². The number of hydrogen-bond donors (Lipinski definition) is 0. The summed E-state index contributed by atoms with van der Waals surface area (Å²) in [4.78, 5) is 1.85. The van der Waals surface area contributed by atoms with Gasteiger partial charge in [0.1, 0.15) is 0 Å². The van der Waals surface area contributed by atoms with Crippen LogP contribution in [-0.4, -0.2) is 23.9 Å². The van der Waals surface area contributed by atoms with E-state index < -0.39 is 5.92 Å². The third-order valence-corrected chi connectivity index (χ3v) is 4.63. The van der Waals surface area contributed by atoms with Crippen LogP contribution in [-0.2, 0) is 6.54 Å². The lowest BCUT2D eigenvalue weighted by Gasteiger charge is -2.32. The molecule has 0 unspecified atom stereocenters. The van der Waals surface area contributed by atoms with E-state index in [2.05, 4.69) is 28.1 Å². The summed E-state index contributed by atoms with van der Waals surface area (Å²) in [5.74, 6) is -2.52. The second-order valence-corrected chi connectivity index (χ2v) is 6.01. The Kier molecular flexibility index (Phi) is 4.07. The molecule has 0 radical (unpaired) electrons. The zero-order chi connectivity index (χ0) is 13.3. The molecule has 0 spiro atoms. The lowest BCUT2D eigenvalue weighted by atomic mass is 10.0. The summed E-state index contributed by atoms with van der Waals surface area (Å²) < 4.78 is 27.8. The number of alkyl halides is 2. The Morgan fingerprint density at radius 1 is 1.28 bits per heavy atom. The zero-order valence-electron chi connectivity index (χ0n) is 10.8. The Labute approximate surface area is 115 Å². The van der Waals surface area contributed by atoms with Crippen LogP contribution in [0.5, 0.6) is 0 Å². The van der Waals surface area contributed by atoms with Crippen molar-refractivity contribution in [3.8, 4) is 0 Å². The van der Waals surface area contributed by atoms with Gasteiger partial charge in [-0.1, -0.05) is 28.1 Å². The van der Waals surface area contributed by atoms with Crippen molar-refractivity contribution in [3.05, 3.63) is 33.3 Å². The molecule has 1 aliphatic rings. The molecule has 2 rings (SSSR count). The fourth-order valence-electron chi connectivity index (χ4n) is 2.57. The highest BCUT2D eigenvalue weighted by Gasteiger charge is 2.34. The van der Waals surface area contributed by atoms with Crippen molar-refractivity contribution in [3.63, 3.8) is 0 Å². The molecule has 1 aromatic carbocycles. The molecule has 0 bridgehead atoms. The average molecular weight is 318 g/mol. The largest absolute Gasteiger partial charge is 0.293 e. The normalized spacial score (nSPS) is 20.1. The van der Waals surface area contributed by atoms with Gasteiger partial charge >= 0.3 is 0 Å². The van der Waals surface area contributed by atoms with Crippen molar-refractivity contribution in [2.75, 3.05) is 13.1 Å². The van der Waals surface area contributed by atoms with Crippen LogP contribution in [0.25, 0.3) is 0 Å². The number of rotatable bonds is 2. The van der Waals surface area contributed by atoms with E-state index in [-0.39, 0.29) is 13.0 Å². The van der Waals surface area contributed by atoms with Crippen LogP contribution in [0.15, 0.2) is 16.6 Å². The summed E-state index contributed by atoms with van der Waals surface area (Å²) in [7, 11) is 0. The van der Waals surface area contributed by atoms with Crippen molar-refractivity contribution in [1.82, 2.24) is 4.90 Å². The minimum atomic E-state index is -2.52. The minimum absolute atomic E-state index is 0.0297. The SMILES string of the molecule is Cc1cc(CN2CCCC(F)(F)C2)cc(C)c1Br. The summed E-state index contributed by atoms with van der Waals surface area (Å²) >= 11 is 3.52. The molecule has 100 valence electrons. The first-order valence-corrected chi connectivity index (χ1v) is 7.02. The first kappa shape index (κ1) is 13.9. The van der Waals surface area contributed by atoms with E-state index in [0.29, 0.717) is 13.0 Å². The Hall–Kier alpha value is -0.480. The fourth-order valence-corrected chi connectivity index (χ4v) is 2.80. The van der Waals surface area contributed by atoms with Crippen LogP contribution >= 0.6 is 15.9 Å². The molecule has 0 aromatic heterocycles. The molecule has 1 nitrogen and oxygen atoms in total. The standard InChI is InChI=1S/C14H18BrF2N/c1-10-6-12(7-11(2)13(10)15)8-18-5-3-4-14(16,17)9-18/h6-7H,3-5,8-9H2,1-2H3. The molecular weight excluding hydrogens is 300 g/mol. The van der Waals surface area contributed by atoms with Crippen LogP contribution in [0.4, 0.5) is 8.78 Å². The van der Waals surface area contributed by atoms with Gasteiger partial charge in [-0.2, -0.15) is 0 Å². The highest BCUT2D eigenvalue weighted by Crippen LogP contribution is 2.28. The predicted molar refractivity (Wildman–Crippen MR) is 73.1 cm³/mol. The molecule has 1 aromatic rings.